The number of ether oxygens (including phenoxy) is 3. The minimum atomic E-state index is -1.18. The van der Waals surface area contributed by atoms with Gasteiger partial charge in [-0.05, 0) is 17.7 Å². The zero-order chi connectivity index (χ0) is 23.4. The van der Waals surface area contributed by atoms with Crippen LogP contribution in [0.2, 0.25) is 0 Å². The molecular weight excluding hydrogens is 420 g/mol. The number of hydrogen-bond donors (Lipinski definition) is 2. The van der Waals surface area contributed by atoms with E-state index in [0.717, 1.165) is 0 Å². The highest BCUT2D eigenvalue weighted by molar-refractivity contribution is 6.52. The van der Waals surface area contributed by atoms with Crippen LogP contribution in [0.25, 0.3) is 5.76 Å². The maximum absolute atomic E-state index is 12.9. The van der Waals surface area contributed by atoms with Crippen molar-refractivity contribution in [2.45, 2.75) is 12.3 Å². The van der Waals surface area contributed by atoms with Gasteiger partial charge in [-0.3, -0.25) is 14.4 Å². The van der Waals surface area contributed by atoms with Gasteiger partial charge in [-0.2, -0.15) is 0 Å². The second-order valence-electron chi connectivity index (χ2n) is 6.89. The van der Waals surface area contributed by atoms with Crippen LogP contribution in [0.3, 0.4) is 0 Å². The molecule has 2 aromatic rings. The Morgan fingerprint density at radius 2 is 1.66 bits per heavy atom. The molecule has 0 spiro atoms. The first-order valence-electron chi connectivity index (χ1n) is 9.49. The van der Waals surface area contributed by atoms with Crippen LogP contribution in [0.4, 0.5) is 0 Å². The number of hydrogen-bond acceptors (Lipinski definition) is 8. The zero-order valence-corrected chi connectivity index (χ0v) is 17.3. The fraction of sp³-hybridized carbons (Fsp3) is 0.217. The third-order valence-corrected chi connectivity index (χ3v) is 5.02. The van der Waals surface area contributed by atoms with Crippen molar-refractivity contribution in [1.29, 1.82) is 0 Å². The van der Waals surface area contributed by atoms with Crippen LogP contribution >= 0.6 is 0 Å². The second-order valence-corrected chi connectivity index (χ2v) is 6.89. The Labute approximate surface area is 182 Å². The summed E-state index contributed by atoms with van der Waals surface area (Å²) in [4.78, 5) is 48.5. The molecule has 0 bridgehead atoms. The number of carboxylic acid groups (broad SMARTS) is 1. The first-order chi connectivity index (χ1) is 15.3. The monoisotopic (exact) mass is 440 g/mol. The number of benzene rings is 2. The Morgan fingerprint density at radius 3 is 2.28 bits per heavy atom. The van der Waals surface area contributed by atoms with Gasteiger partial charge in [0.2, 0.25) is 11.6 Å². The van der Waals surface area contributed by atoms with E-state index in [2.05, 4.69) is 0 Å². The molecule has 9 nitrogen and oxygen atoms in total. The Kier molecular flexibility index (Phi) is 6.58. The van der Waals surface area contributed by atoms with Crippen molar-refractivity contribution in [1.82, 2.24) is 0 Å². The second kappa shape index (κ2) is 9.34. The van der Waals surface area contributed by atoms with E-state index in [1.165, 1.54) is 44.6 Å². The quantitative estimate of drug-likeness (QED) is 0.469. The number of ketones is 2. The highest BCUT2D eigenvalue weighted by Crippen LogP contribution is 2.40. The summed E-state index contributed by atoms with van der Waals surface area (Å²) in [5.74, 6) is -4.73. The Balaban J connectivity index is 2.14. The van der Waals surface area contributed by atoms with Gasteiger partial charge in [0.15, 0.2) is 18.1 Å². The van der Waals surface area contributed by atoms with E-state index in [1.807, 2.05) is 0 Å². The van der Waals surface area contributed by atoms with Gasteiger partial charge in [0.1, 0.15) is 5.76 Å². The molecule has 2 N–H and O–H groups in total. The summed E-state index contributed by atoms with van der Waals surface area (Å²) in [6.45, 7) is -0.600. The van der Waals surface area contributed by atoms with Gasteiger partial charge >= 0.3 is 11.9 Å². The molecule has 0 aromatic heterocycles. The Hall–Kier alpha value is -4.14. The number of fused-ring (bicyclic) bond motifs is 1. The largest absolute Gasteiger partial charge is 0.507 e. The van der Waals surface area contributed by atoms with E-state index >= 15 is 0 Å². The normalized spacial score (nSPS) is 13.9. The van der Waals surface area contributed by atoms with E-state index < -0.39 is 41.8 Å². The highest BCUT2D eigenvalue weighted by atomic mass is 16.5. The molecule has 32 heavy (non-hydrogen) atoms. The number of methoxy groups -OCH3 is 2. The van der Waals surface area contributed by atoms with Crippen molar-refractivity contribution in [2.75, 3.05) is 20.8 Å². The van der Waals surface area contributed by atoms with Crippen LogP contribution in [0.15, 0.2) is 48.0 Å². The van der Waals surface area contributed by atoms with Crippen LogP contribution in [0, 0.1) is 0 Å². The van der Waals surface area contributed by atoms with Gasteiger partial charge in [-0.15, -0.1) is 0 Å². The summed E-state index contributed by atoms with van der Waals surface area (Å²) in [5, 5.41) is 19.7. The van der Waals surface area contributed by atoms with Crippen molar-refractivity contribution < 1.29 is 43.6 Å². The number of carboxylic acids is 1. The number of aliphatic hydroxyl groups is 1. The lowest BCUT2D eigenvalue weighted by Crippen LogP contribution is -2.28. The van der Waals surface area contributed by atoms with E-state index in [9.17, 15) is 24.3 Å². The standard InChI is InChI=1S/C23H20O9/c1-30-17-9-12(7-8-16(17)32-11-18(24)25)15(10-19(26)31-2)20-21(27)13-5-3-4-6-14(13)22(28)23(20)29/h3-9,15,27H,10-11H2,1-2H3,(H,24,25)/t15-/m1/s1. The number of Topliss-reactive ketones (excluding diaryl/α,β-unsaturated/α-hetero) is 2. The summed E-state index contributed by atoms with van der Waals surface area (Å²) >= 11 is 0. The molecule has 1 atom stereocenters. The van der Waals surface area contributed by atoms with Gasteiger partial charge < -0.3 is 24.4 Å². The highest BCUT2D eigenvalue weighted by Gasteiger charge is 2.38. The lowest BCUT2D eigenvalue weighted by atomic mass is 9.78. The number of allylic oxidation sites excluding steroid dienone is 1. The number of aliphatic carboxylic acids is 1. The Bertz CT molecular complexity index is 1130. The molecule has 0 saturated carbocycles. The number of esters is 1. The molecule has 1 aliphatic carbocycles. The molecule has 0 heterocycles. The molecule has 9 heteroatoms. The SMILES string of the molecule is COC(=O)C[C@@H](C1=C(O)c2ccccc2C(=O)C1=O)c1ccc(OCC(=O)O)c(OC)c1. The molecule has 0 saturated heterocycles. The van der Waals surface area contributed by atoms with Gasteiger partial charge in [-0.1, -0.05) is 30.3 Å². The van der Waals surface area contributed by atoms with Gasteiger partial charge in [0.25, 0.3) is 0 Å². The summed E-state index contributed by atoms with van der Waals surface area (Å²) in [6, 6.07) is 10.5. The van der Waals surface area contributed by atoms with Crippen LogP contribution in [-0.4, -0.2) is 54.5 Å². The molecule has 2 aromatic carbocycles. The predicted molar refractivity (Wildman–Crippen MR) is 111 cm³/mol. The third-order valence-electron chi connectivity index (χ3n) is 5.02. The summed E-state index contributed by atoms with van der Waals surface area (Å²) in [5.41, 5.74) is 0.387. The fourth-order valence-electron chi connectivity index (χ4n) is 3.50. The van der Waals surface area contributed by atoms with Crippen molar-refractivity contribution in [3.05, 3.63) is 64.7 Å². The smallest absolute Gasteiger partial charge is 0.341 e. The predicted octanol–water partition coefficient (Wildman–Crippen LogP) is 2.54. The molecule has 0 amide bonds. The van der Waals surface area contributed by atoms with Crippen LogP contribution in [0.5, 0.6) is 11.5 Å². The minimum absolute atomic E-state index is 0.0746. The third kappa shape index (κ3) is 4.31. The van der Waals surface area contributed by atoms with E-state index in [4.69, 9.17) is 19.3 Å². The minimum Gasteiger partial charge on any atom is -0.507 e. The van der Waals surface area contributed by atoms with Crippen molar-refractivity contribution >= 4 is 29.3 Å². The van der Waals surface area contributed by atoms with Crippen LogP contribution in [0.1, 0.15) is 33.8 Å². The van der Waals surface area contributed by atoms with Gasteiger partial charge in [0.05, 0.1) is 26.2 Å². The first kappa shape index (κ1) is 22.5. The molecule has 0 aliphatic heterocycles. The van der Waals surface area contributed by atoms with Crippen molar-refractivity contribution in [3.63, 3.8) is 0 Å². The number of aliphatic hydroxyl groups excluding tert-OH is 1. The Morgan fingerprint density at radius 1 is 0.969 bits per heavy atom. The molecule has 0 fully saturated rings. The molecule has 3 rings (SSSR count). The molecule has 1 aliphatic rings. The lowest BCUT2D eigenvalue weighted by molar-refractivity contribution is -0.141. The van der Waals surface area contributed by atoms with E-state index in [1.54, 1.807) is 12.1 Å². The maximum Gasteiger partial charge on any atom is 0.341 e. The topological polar surface area (TPSA) is 136 Å². The first-order valence-corrected chi connectivity index (χ1v) is 9.49. The molecule has 0 unspecified atom stereocenters. The average molecular weight is 440 g/mol. The van der Waals surface area contributed by atoms with Crippen LogP contribution < -0.4 is 9.47 Å². The van der Waals surface area contributed by atoms with E-state index in [-0.39, 0.29) is 34.6 Å². The van der Waals surface area contributed by atoms with Crippen molar-refractivity contribution in [3.8, 4) is 11.5 Å². The molecule has 166 valence electrons. The van der Waals surface area contributed by atoms with Gasteiger partial charge in [-0.25, -0.2) is 4.79 Å². The number of carbonyl (C=O) groups excluding carboxylic acids is 3. The van der Waals surface area contributed by atoms with Gasteiger partial charge in [0, 0.05) is 17.0 Å². The fourth-order valence-corrected chi connectivity index (χ4v) is 3.50. The van der Waals surface area contributed by atoms with E-state index in [0.29, 0.717) is 5.56 Å². The number of rotatable bonds is 8. The van der Waals surface area contributed by atoms with Crippen molar-refractivity contribution in [2.24, 2.45) is 0 Å². The molecular formula is C23H20O9. The number of carbonyl (C=O) groups is 4. The lowest BCUT2D eigenvalue weighted by Gasteiger charge is -2.25. The summed E-state index contributed by atoms with van der Waals surface area (Å²) < 4.78 is 15.2. The van der Waals surface area contributed by atoms with Crippen LogP contribution in [-0.2, 0) is 19.1 Å². The zero-order valence-electron chi connectivity index (χ0n) is 17.3. The summed E-state index contributed by atoms with van der Waals surface area (Å²) in [6.07, 6.45) is -0.338. The summed E-state index contributed by atoms with van der Waals surface area (Å²) in [7, 11) is 2.52. The molecule has 0 radical (unpaired) electrons. The maximum atomic E-state index is 12.9. The average Bonchev–Trinajstić information content (AvgIpc) is 2.80.